The number of hydrogen-bond acceptors (Lipinski definition) is 5. The van der Waals surface area contributed by atoms with Crippen LogP contribution in [0.1, 0.15) is 26.4 Å². The van der Waals surface area contributed by atoms with Gasteiger partial charge in [0.05, 0.1) is 17.7 Å². The van der Waals surface area contributed by atoms with Crippen LogP contribution in [0.5, 0.6) is 0 Å². The monoisotopic (exact) mass is 243 g/mol. The van der Waals surface area contributed by atoms with Crippen LogP contribution in [-0.4, -0.2) is 21.9 Å². The maximum absolute atomic E-state index is 12.1. The zero-order valence-corrected chi connectivity index (χ0v) is 9.29. The predicted octanol–water partition coefficient (Wildman–Crippen LogP) is 1.05. The van der Waals surface area contributed by atoms with Gasteiger partial charge in [0.25, 0.3) is 11.8 Å². The van der Waals surface area contributed by atoms with E-state index >= 15 is 0 Å². The topological polar surface area (TPSA) is 89.4 Å². The van der Waals surface area contributed by atoms with Crippen molar-refractivity contribution in [3.05, 3.63) is 47.3 Å². The first-order chi connectivity index (χ1) is 8.66. The fraction of sp³-hybridized carbons (Fsp3) is 0.0833. The molecule has 0 radical (unpaired) electrons. The highest BCUT2D eigenvalue weighted by molar-refractivity contribution is 6.21. The van der Waals surface area contributed by atoms with Gasteiger partial charge in [-0.15, -0.1) is 0 Å². The Morgan fingerprint density at radius 3 is 2.67 bits per heavy atom. The first-order valence-corrected chi connectivity index (χ1v) is 5.32. The van der Waals surface area contributed by atoms with Crippen LogP contribution in [0.4, 0.5) is 5.69 Å². The maximum atomic E-state index is 12.1. The molecule has 0 unspecified atom stereocenters. The molecule has 6 nitrogen and oxygen atoms in total. The second kappa shape index (κ2) is 3.69. The summed E-state index contributed by atoms with van der Waals surface area (Å²) < 4.78 is 4.67. The minimum atomic E-state index is -0.356. The molecule has 0 saturated carbocycles. The number of carbonyl (C=O) groups excluding carboxylic acids is 2. The van der Waals surface area contributed by atoms with Crippen molar-refractivity contribution in [3.63, 3.8) is 0 Å². The van der Waals surface area contributed by atoms with Gasteiger partial charge in [0.2, 0.25) is 0 Å². The molecule has 2 aromatic rings. The van der Waals surface area contributed by atoms with E-state index in [4.69, 9.17) is 5.73 Å². The number of amides is 2. The number of anilines is 1. The summed E-state index contributed by atoms with van der Waals surface area (Å²) in [5.41, 5.74) is 7.30. The van der Waals surface area contributed by atoms with E-state index in [9.17, 15) is 9.59 Å². The fourth-order valence-electron chi connectivity index (χ4n) is 1.93. The highest BCUT2D eigenvalue weighted by Crippen LogP contribution is 2.25. The van der Waals surface area contributed by atoms with E-state index in [0.29, 0.717) is 22.5 Å². The Labute approximate surface area is 102 Å². The summed E-state index contributed by atoms with van der Waals surface area (Å²) in [6.45, 7) is 0.1000. The van der Waals surface area contributed by atoms with Crippen molar-refractivity contribution in [1.29, 1.82) is 0 Å². The first kappa shape index (κ1) is 10.5. The van der Waals surface area contributed by atoms with Gasteiger partial charge in [0, 0.05) is 11.8 Å². The van der Waals surface area contributed by atoms with E-state index in [0.717, 1.165) is 4.90 Å². The lowest BCUT2D eigenvalue weighted by Crippen LogP contribution is -2.29. The van der Waals surface area contributed by atoms with Crippen LogP contribution in [0.15, 0.2) is 35.1 Å². The Balaban J connectivity index is 1.97. The Hall–Kier alpha value is -2.63. The molecule has 1 aromatic heterocycles. The number of nitrogens with zero attached hydrogens (tertiary/aromatic N) is 2. The Morgan fingerprint density at radius 2 is 1.94 bits per heavy atom. The Morgan fingerprint density at radius 1 is 1.17 bits per heavy atom. The fourth-order valence-corrected chi connectivity index (χ4v) is 1.93. The summed E-state index contributed by atoms with van der Waals surface area (Å²) in [5, 5.41) is 3.68. The third-order valence-electron chi connectivity index (χ3n) is 2.81. The van der Waals surface area contributed by atoms with Crippen molar-refractivity contribution in [2.24, 2.45) is 0 Å². The van der Waals surface area contributed by atoms with Gasteiger partial charge in [-0.2, -0.15) is 0 Å². The number of imide groups is 1. The highest BCUT2D eigenvalue weighted by atomic mass is 16.5. The van der Waals surface area contributed by atoms with Gasteiger partial charge in [-0.25, -0.2) is 0 Å². The van der Waals surface area contributed by atoms with Gasteiger partial charge in [-0.3, -0.25) is 14.5 Å². The van der Waals surface area contributed by atoms with Crippen molar-refractivity contribution >= 4 is 17.5 Å². The third kappa shape index (κ3) is 1.46. The zero-order chi connectivity index (χ0) is 12.7. The van der Waals surface area contributed by atoms with Crippen molar-refractivity contribution in [3.8, 4) is 0 Å². The number of hydrogen-bond donors (Lipinski definition) is 1. The molecule has 0 aliphatic carbocycles. The van der Waals surface area contributed by atoms with Crippen molar-refractivity contribution in [2.75, 3.05) is 5.73 Å². The normalized spacial score (nSPS) is 14.1. The number of fused-ring (bicyclic) bond motifs is 1. The first-order valence-electron chi connectivity index (χ1n) is 5.32. The SMILES string of the molecule is Nc1ccc2c(c1)C(=O)N(Cc1ccon1)C2=O. The largest absolute Gasteiger partial charge is 0.399 e. The zero-order valence-electron chi connectivity index (χ0n) is 9.29. The average molecular weight is 243 g/mol. The van der Waals surface area contributed by atoms with Crippen molar-refractivity contribution in [1.82, 2.24) is 10.1 Å². The summed E-state index contributed by atoms with van der Waals surface area (Å²) in [7, 11) is 0. The molecule has 2 heterocycles. The molecule has 0 fully saturated rings. The number of carbonyl (C=O) groups is 2. The van der Waals surface area contributed by atoms with E-state index in [1.807, 2.05) is 0 Å². The van der Waals surface area contributed by atoms with Gasteiger partial charge in [0.15, 0.2) is 0 Å². The molecule has 6 heteroatoms. The van der Waals surface area contributed by atoms with Gasteiger partial charge in [0.1, 0.15) is 12.0 Å². The minimum absolute atomic E-state index is 0.1000. The number of aromatic nitrogens is 1. The third-order valence-corrected chi connectivity index (χ3v) is 2.81. The minimum Gasteiger partial charge on any atom is -0.399 e. The predicted molar refractivity (Wildman–Crippen MR) is 61.6 cm³/mol. The maximum Gasteiger partial charge on any atom is 0.261 e. The number of nitrogens with two attached hydrogens (primary N) is 1. The quantitative estimate of drug-likeness (QED) is 0.629. The van der Waals surface area contributed by atoms with E-state index in [1.165, 1.54) is 12.3 Å². The molecule has 90 valence electrons. The molecule has 0 spiro atoms. The lowest BCUT2D eigenvalue weighted by Gasteiger charge is -2.10. The van der Waals surface area contributed by atoms with E-state index in [-0.39, 0.29) is 18.4 Å². The van der Waals surface area contributed by atoms with Gasteiger partial charge in [-0.05, 0) is 18.2 Å². The molecule has 2 N–H and O–H groups in total. The number of rotatable bonds is 2. The van der Waals surface area contributed by atoms with E-state index < -0.39 is 0 Å². The van der Waals surface area contributed by atoms with Gasteiger partial charge < -0.3 is 10.3 Å². The Bertz CT molecular complexity index is 634. The highest BCUT2D eigenvalue weighted by Gasteiger charge is 2.35. The average Bonchev–Trinajstić information content (AvgIpc) is 2.93. The van der Waals surface area contributed by atoms with Crippen molar-refractivity contribution < 1.29 is 14.1 Å². The molecule has 0 bridgehead atoms. The van der Waals surface area contributed by atoms with Gasteiger partial charge in [-0.1, -0.05) is 5.16 Å². The number of benzene rings is 1. The molecule has 18 heavy (non-hydrogen) atoms. The van der Waals surface area contributed by atoms with Crippen LogP contribution < -0.4 is 5.73 Å². The molecule has 0 atom stereocenters. The lowest BCUT2D eigenvalue weighted by molar-refractivity contribution is 0.0639. The molecule has 0 saturated heterocycles. The molecule has 1 aromatic carbocycles. The summed E-state index contributed by atoms with van der Waals surface area (Å²) in [6, 6.07) is 6.29. The van der Waals surface area contributed by atoms with Crippen LogP contribution in [0, 0.1) is 0 Å². The molecule has 1 aliphatic heterocycles. The summed E-state index contributed by atoms with van der Waals surface area (Å²) in [4.78, 5) is 25.3. The van der Waals surface area contributed by atoms with Crippen molar-refractivity contribution in [2.45, 2.75) is 6.54 Å². The number of nitrogen functional groups attached to an aromatic ring is 1. The van der Waals surface area contributed by atoms with E-state index in [1.54, 1.807) is 18.2 Å². The van der Waals surface area contributed by atoms with Crippen LogP contribution in [0.3, 0.4) is 0 Å². The summed E-state index contributed by atoms with van der Waals surface area (Å²) >= 11 is 0. The molecule has 3 rings (SSSR count). The van der Waals surface area contributed by atoms with Crippen LogP contribution in [0.25, 0.3) is 0 Å². The van der Waals surface area contributed by atoms with E-state index in [2.05, 4.69) is 9.68 Å². The van der Waals surface area contributed by atoms with Gasteiger partial charge >= 0.3 is 0 Å². The lowest BCUT2D eigenvalue weighted by atomic mass is 10.1. The summed E-state index contributed by atoms with van der Waals surface area (Å²) in [6.07, 6.45) is 1.39. The standard InChI is InChI=1S/C12H9N3O3/c13-7-1-2-9-10(5-7)12(17)15(11(9)16)6-8-3-4-18-14-8/h1-5H,6,13H2. The second-order valence-electron chi connectivity index (χ2n) is 3.99. The van der Waals surface area contributed by atoms with Crippen LogP contribution in [0.2, 0.25) is 0 Å². The second-order valence-corrected chi connectivity index (χ2v) is 3.99. The molecular formula is C12H9N3O3. The molecule has 2 amide bonds. The molecule has 1 aliphatic rings. The molecular weight excluding hydrogens is 234 g/mol. The summed E-state index contributed by atoms with van der Waals surface area (Å²) in [5.74, 6) is -0.691. The smallest absolute Gasteiger partial charge is 0.261 e. The Kier molecular flexibility index (Phi) is 2.16. The van der Waals surface area contributed by atoms with Crippen LogP contribution in [-0.2, 0) is 6.54 Å². The van der Waals surface area contributed by atoms with Crippen LogP contribution >= 0.6 is 0 Å².